The summed E-state index contributed by atoms with van der Waals surface area (Å²) in [5.74, 6) is 0.251. The SMILES string of the molecule is CC(=O)N1C[C@@H]2C[C@@]3(C)[C@H](CCC[C@@H]13)N2C(=O)c1cncs1. The van der Waals surface area contributed by atoms with E-state index in [0.717, 1.165) is 25.7 Å². The number of amides is 2. The summed E-state index contributed by atoms with van der Waals surface area (Å²) in [6.07, 6.45) is 5.91. The highest BCUT2D eigenvalue weighted by molar-refractivity contribution is 7.11. The van der Waals surface area contributed by atoms with Crippen molar-refractivity contribution in [2.75, 3.05) is 6.54 Å². The standard InChI is InChI=1S/C16H21N3O2S/c1-10(20)18-8-11-6-16(2)13(18)4-3-5-14(16)19(11)15(21)12-7-17-9-22-12/h7,9,11,13-14H,3-6,8H2,1-2H3/t11-,13+,14-,16+/m0/s1. The van der Waals surface area contributed by atoms with E-state index in [1.54, 1.807) is 18.6 Å². The Hall–Kier alpha value is -1.43. The molecule has 22 heavy (non-hydrogen) atoms. The molecule has 4 rings (SSSR count). The van der Waals surface area contributed by atoms with Gasteiger partial charge in [0.2, 0.25) is 5.91 Å². The predicted octanol–water partition coefficient (Wildman–Crippen LogP) is 2.15. The maximum Gasteiger partial charge on any atom is 0.266 e. The van der Waals surface area contributed by atoms with E-state index in [2.05, 4.69) is 16.8 Å². The first-order chi connectivity index (χ1) is 10.5. The lowest BCUT2D eigenvalue weighted by molar-refractivity contribution is -0.137. The van der Waals surface area contributed by atoms with Gasteiger partial charge in [-0.3, -0.25) is 14.6 Å². The first-order valence-corrected chi connectivity index (χ1v) is 8.88. The van der Waals surface area contributed by atoms with Crippen molar-refractivity contribution in [1.82, 2.24) is 14.8 Å². The van der Waals surface area contributed by atoms with Gasteiger partial charge >= 0.3 is 0 Å². The molecular formula is C16H21N3O2S. The van der Waals surface area contributed by atoms with Crippen LogP contribution in [0.3, 0.4) is 0 Å². The van der Waals surface area contributed by atoms with Crippen LogP contribution in [-0.2, 0) is 4.79 Å². The molecule has 3 aliphatic rings. The van der Waals surface area contributed by atoms with Gasteiger partial charge in [0.05, 0.1) is 17.7 Å². The third-order valence-electron chi connectivity index (χ3n) is 5.95. The van der Waals surface area contributed by atoms with E-state index in [1.165, 1.54) is 11.3 Å². The molecule has 0 N–H and O–H groups in total. The lowest BCUT2D eigenvalue weighted by Crippen LogP contribution is -2.57. The van der Waals surface area contributed by atoms with Gasteiger partial charge in [0.1, 0.15) is 4.88 Å². The summed E-state index contributed by atoms with van der Waals surface area (Å²) in [6.45, 7) is 4.63. The van der Waals surface area contributed by atoms with E-state index in [1.807, 2.05) is 4.90 Å². The quantitative estimate of drug-likeness (QED) is 0.797. The highest BCUT2D eigenvalue weighted by Crippen LogP contribution is 2.54. The number of likely N-dealkylation sites (tertiary alicyclic amines) is 2. The third-order valence-corrected chi connectivity index (χ3v) is 6.71. The lowest BCUT2D eigenvalue weighted by atomic mass is 9.66. The maximum absolute atomic E-state index is 13.0. The zero-order valence-electron chi connectivity index (χ0n) is 13.0. The van der Waals surface area contributed by atoms with Crippen LogP contribution in [0.5, 0.6) is 0 Å². The third kappa shape index (κ3) is 1.79. The van der Waals surface area contributed by atoms with E-state index >= 15 is 0 Å². The number of hydrogen-bond acceptors (Lipinski definition) is 4. The van der Waals surface area contributed by atoms with Crippen LogP contribution in [-0.4, -0.2) is 51.3 Å². The molecule has 118 valence electrons. The van der Waals surface area contributed by atoms with Gasteiger partial charge in [0, 0.05) is 31.0 Å². The number of rotatable bonds is 1. The summed E-state index contributed by atoms with van der Waals surface area (Å²) in [5.41, 5.74) is 1.76. The van der Waals surface area contributed by atoms with Crippen LogP contribution in [0.25, 0.3) is 0 Å². The second kappa shape index (κ2) is 4.78. The van der Waals surface area contributed by atoms with Crippen molar-refractivity contribution in [3.63, 3.8) is 0 Å². The van der Waals surface area contributed by atoms with Crippen LogP contribution >= 0.6 is 11.3 Å². The van der Waals surface area contributed by atoms with Crippen LogP contribution in [0.1, 0.15) is 49.2 Å². The molecule has 2 amide bonds. The maximum atomic E-state index is 13.0. The Morgan fingerprint density at radius 3 is 2.82 bits per heavy atom. The predicted molar refractivity (Wildman–Crippen MR) is 83.6 cm³/mol. The van der Waals surface area contributed by atoms with Crippen molar-refractivity contribution in [2.45, 2.75) is 57.7 Å². The number of fused-ring (bicyclic) bond motifs is 1. The first kappa shape index (κ1) is 14.2. The van der Waals surface area contributed by atoms with Crippen molar-refractivity contribution in [2.24, 2.45) is 5.41 Å². The van der Waals surface area contributed by atoms with Crippen LogP contribution in [0.2, 0.25) is 0 Å². The molecule has 3 heterocycles. The Morgan fingerprint density at radius 1 is 1.36 bits per heavy atom. The van der Waals surface area contributed by atoms with Gasteiger partial charge < -0.3 is 9.80 Å². The molecule has 0 radical (unpaired) electrons. The fourth-order valence-corrected chi connectivity index (χ4v) is 5.66. The van der Waals surface area contributed by atoms with Gasteiger partial charge in [-0.1, -0.05) is 6.92 Å². The Bertz CT molecular complexity index is 617. The molecule has 2 aliphatic heterocycles. The Balaban J connectivity index is 1.74. The van der Waals surface area contributed by atoms with Crippen LogP contribution in [0.4, 0.5) is 0 Å². The van der Waals surface area contributed by atoms with E-state index in [-0.39, 0.29) is 29.3 Å². The molecule has 2 saturated heterocycles. The van der Waals surface area contributed by atoms with Gasteiger partial charge in [0.25, 0.3) is 5.91 Å². The molecule has 2 bridgehead atoms. The Labute approximate surface area is 134 Å². The minimum atomic E-state index is 0.0488. The van der Waals surface area contributed by atoms with Crippen molar-refractivity contribution in [1.29, 1.82) is 0 Å². The zero-order valence-corrected chi connectivity index (χ0v) is 13.8. The first-order valence-electron chi connectivity index (χ1n) is 8.01. The number of aromatic nitrogens is 1. The molecule has 0 unspecified atom stereocenters. The molecule has 1 aromatic rings. The Morgan fingerprint density at radius 2 is 2.14 bits per heavy atom. The van der Waals surface area contributed by atoms with Gasteiger partial charge in [-0.25, -0.2) is 0 Å². The smallest absolute Gasteiger partial charge is 0.266 e. The molecule has 1 aliphatic carbocycles. The van der Waals surface area contributed by atoms with Crippen LogP contribution in [0, 0.1) is 5.41 Å². The van der Waals surface area contributed by atoms with Gasteiger partial charge in [-0.05, 0) is 25.7 Å². The summed E-state index contributed by atoms with van der Waals surface area (Å²) >= 11 is 1.41. The van der Waals surface area contributed by atoms with Crippen molar-refractivity contribution in [3.8, 4) is 0 Å². The number of piperidine rings is 1. The van der Waals surface area contributed by atoms with Crippen LogP contribution in [0.15, 0.2) is 11.7 Å². The van der Waals surface area contributed by atoms with E-state index < -0.39 is 0 Å². The summed E-state index contributed by atoms with van der Waals surface area (Å²) in [4.78, 5) is 33.9. The molecule has 0 spiro atoms. The van der Waals surface area contributed by atoms with Crippen molar-refractivity contribution in [3.05, 3.63) is 16.6 Å². The molecule has 1 saturated carbocycles. The summed E-state index contributed by atoms with van der Waals surface area (Å²) in [6, 6.07) is 0.706. The number of thiazole rings is 1. The van der Waals surface area contributed by atoms with Crippen molar-refractivity contribution >= 4 is 23.2 Å². The van der Waals surface area contributed by atoms with Crippen molar-refractivity contribution < 1.29 is 9.59 Å². The monoisotopic (exact) mass is 319 g/mol. The second-order valence-electron chi connectivity index (χ2n) is 7.08. The minimum absolute atomic E-state index is 0.0488. The fraction of sp³-hybridized carbons (Fsp3) is 0.688. The molecule has 0 aromatic carbocycles. The highest BCUT2D eigenvalue weighted by Gasteiger charge is 2.61. The summed E-state index contributed by atoms with van der Waals surface area (Å²) in [7, 11) is 0. The fourth-order valence-electron chi connectivity index (χ4n) is 5.10. The van der Waals surface area contributed by atoms with E-state index in [0.29, 0.717) is 17.5 Å². The molecular weight excluding hydrogens is 298 g/mol. The average Bonchev–Trinajstić information content (AvgIpc) is 3.09. The molecule has 4 atom stereocenters. The number of nitrogens with zero attached hydrogens (tertiary/aromatic N) is 3. The Kier molecular flexibility index (Phi) is 3.08. The number of hydrogen-bond donors (Lipinski definition) is 0. The number of carbonyl (C=O) groups is 2. The zero-order chi connectivity index (χ0) is 15.5. The second-order valence-corrected chi connectivity index (χ2v) is 7.96. The van der Waals surface area contributed by atoms with E-state index in [9.17, 15) is 9.59 Å². The van der Waals surface area contributed by atoms with Gasteiger partial charge in [-0.2, -0.15) is 0 Å². The average molecular weight is 319 g/mol. The molecule has 5 nitrogen and oxygen atoms in total. The van der Waals surface area contributed by atoms with Gasteiger partial charge in [-0.15, -0.1) is 11.3 Å². The normalized spacial score (nSPS) is 36.5. The highest BCUT2D eigenvalue weighted by atomic mass is 32.1. The minimum Gasteiger partial charge on any atom is -0.337 e. The lowest BCUT2D eigenvalue weighted by Gasteiger charge is -2.49. The molecule has 3 fully saturated rings. The number of carbonyl (C=O) groups excluding carboxylic acids is 2. The van der Waals surface area contributed by atoms with E-state index in [4.69, 9.17) is 0 Å². The molecule has 6 heteroatoms. The molecule has 1 aromatic heterocycles. The summed E-state index contributed by atoms with van der Waals surface area (Å²) < 4.78 is 0. The topological polar surface area (TPSA) is 53.5 Å². The van der Waals surface area contributed by atoms with Crippen LogP contribution < -0.4 is 0 Å². The van der Waals surface area contributed by atoms with Gasteiger partial charge in [0.15, 0.2) is 0 Å². The largest absolute Gasteiger partial charge is 0.337 e. The summed E-state index contributed by atoms with van der Waals surface area (Å²) in [5, 5.41) is 0.